The first-order valence-corrected chi connectivity index (χ1v) is 9.64. The molecule has 146 valence electrons. The van der Waals surface area contributed by atoms with Crippen LogP contribution in [0.5, 0.6) is 0 Å². The van der Waals surface area contributed by atoms with Gasteiger partial charge in [0, 0.05) is 38.1 Å². The fraction of sp³-hybridized carbons (Fsp3) is 0.842. The number of aryl methyl sites for hydroxylation is 1. The van der Waals surface area contributed by atoms with Crippen molar-refractivity contribution in [2.75, 3.05) is 14.2 Å². The van der Waals surface area contributed by atoms with Gasteiger partial charge in [-0.1, -0.05) is 27.7 Å². The Morgan fingerprint density at radius 1 is 1.38 bits per heavy atom. The highest BCUT2D eigenvalue weighted by Crippen LogP contribution is 2.53. The molecule has 2 amide bonds. The van der Waals surface area contributed by atoms with E-state index in [0.29, 0.717) is 0 Å². The molecule has 0 radical (unpaired) electrons. The maximum Gasteiger partial charge on any atom is 0.318 e. The molecule has 7 heteroatoms. The lowest BCUT2D eigenvalue weighted by atomic mass is 9.55. The number of ether oxygens (including phenoxy) is 1. The lowest BCUT2D eigenvalue weighted by molar-refractivity contribution is -0.198. The van der Waals surface area contributed by atoms with Crippen molar-refractivity contribution in [3.05, 3.63) is 11.6 Å². The van der Waals surface area contributed by atoms with E-state index in [1.54, 1.807) is 7.11 Å². The van der Waals surface area contributed by atoms with Gasteiger partial charge in [0.25, 0.3) is 0 Å². The van der Waals surface area contributed by atoms with Crippen LogP contribution in [0.1, 0.15) is 77.5 Å². The quantitative estimate of drug-likeness (QED) is 0.892. The first-order valence-electron chi connectivity index (χ1n) is 9.64. The Morgan fingerprint density at radius 2 is 2.08 bits per heavy atom. The zero-order chi connectivity index (χ0) is 19.3. The van der Waals surface area contributed by atoms with E-state index in [0.717, 1.165) is 37.5 Å². The van der Waals surface area contributed by atoms with Gasteiger partial charge < -0.3 is 15.0 Å². The summed E-state index contributed by atoms with van der Waals surface area (Å²) in [5.74, 6) is 2.02. The predicted molar refractivity (Wildman–Crippen MR) is 100.0 cm³/mol. The van der Waals surface area contributed by atoms with Gasteiger partial charge in [0.05, 0.1) is 11.6 Å². The number of hydrogen-bond acceptors (Lipinski definition) is 4. The number of carbonyl (C=O) groups is 1. The van der Waals surface area contributed by atoms with Crippen LogP contribution in [0.4, 0.5) is 4.79 Å². The Balaban J connectivity index is 1.70. The number of rotatable bonds is 4. The number of methoxy groups -OCH3 is 1. The number of nitrogens with zero attached hydrogens (tertiary/aromatic N) is 4. The Bertz CT molecular complexity index is 683. The third-order valence-electron chi connectivity index (χ3n) is 6.72. The first-order chi connectivity index (χ1) is 12.1. The summed E-state index contributed by atoms with van der Waals surface area (Å²) in [5, 5.41) is 7.77. The molecule has 1 fully saturated rings. The van der Waals surface area contributed by atoms with Crippen LogP contribution in [0, 0.1) is 5.41 Å². The van der Waals surface area contributed by atoms with Crippen molar-refractivity contribution in [3.8, 4) is 0 Å². The van der Waals surface area contributed by atoms with E-state index in [-0.39, 0.29) is 35.0 Å². The maximum absolute atomic E-state index is 12.9. The second-order valence-electron chi connectivity index (χ2n) is 8.84. The number of urea groups is 1. The minimum absolute atomic E-state index is 0.0474. The molecule has 1 N–H and O–H groups in total. The highest BCUT2D eigenvalue weighted by atomic mass is 16.5. The van der Waals surface area contributed by atoms with Crippen molar-refractivity contribution in [1.29, 1.82) is 0 Å². The zero-order valence-corrected chi connectivity index (χ0v) is 17.2. The van der Waals surface area contributed by atoms with E-state index in [2.05, 4.69) is 50.0 Å². The van der Waals surface area contributed by atoms with Crippen LogP contribution < -0.4 is 5.32 Å². The monoisotopic (exact) mass is 363 g/mol. The van der Waals surface area contributed by atoms with Crippen LogP contribution in [0.25, 0.3) is 0 Å². The van der Waals surface area contributed by atoms with Crippen LogP contribution in [-0.2, 0) is 11.3 Å². The molecule has 7 nitrogen and oxygen atoms in total. The Labute approximate surface area is 156 Å². The van der Waals surface area contributed by atoms with E-state index < -0.39 is 0 Å². The van der Waals surface area contributed by atoms with Crippen molar-refractivity contribution in [3.63, 3.8) is 0 Å². The highest BCUT2D eigenvalue weighted by Gasteiger charge is 2.60. The van der Waals surface area contributed by atoms with Gasteiger partial charge in [-0.05, 0) is 26.2 Å². The largest absolute Gasteiger partial charge is 0.378 e. The summed E-state index contributed by atoms with van der Waals surface area (Å²) in [7, 11) is 3.63. The van der Waals surface area contributed by atoms with Crippen LogP contribution in [0.2, 0.25) is 0 Å². The summed E-state index contributed by atoms with van der Waals surface area (Å²) in [6.07, 6.45) is 2.75. The van der Waals surface area contributed by atoms with Crippen LogP contribution >= 0.6 is 0 Å². The zero-order valence-electron chi connectivity index (χ0n) is 17.2. The van der Waals surface area contributed by atoms with E-state index >= 15 is 0 Å². The standard InChI is InChI=1S/C19H33N5O2/c1-12(2)15-21-16-13(9-8-10-24(16)22-15)20-17(25)23(6)14-11-19(5,26-7)18(14,3)4/h12-14H,8-11H2,1-7H3,(H,20,25)/t13-,14-,19+/m0/s1. The summed E-state index contributed by atoms with van der Waals surface area (Å²) in [4.78, 5) is 19.4. The second-order valence-corrected chi connectivity index (χ2v) is 8.84. The Hall–Kier alpha value is -1.63. The van der Waals surface area contributed by atoms with Gasteiger partial charge in [-0.15, -0.1) is 0 Å². The molecule has 1 saturated carbocycles. The molecule has 0 aromatic carbocycles. The van der Waals surface area contributed by atoms with Gasteiger partial charge in [-0.2, -0.15) is 5.10 Å². The van der Waals surface area contributed by atoms with Gasteiger partial charge in [0.2, 0.25) is 0 Å². The third kappa shape index (κ3) is 2.90. The summed E-state index contributed by atoms with van der Waals surface area (Å²) >= 11 is 0. The second kappa shape index (κ2) is 6.51. The molecule has 3 rings (SSSR count). The number of nitrogens with one attached hydrogen (secondary N) is 1. The molecule has 0 saturated heterocycles. The summed E-state index contributed by atoms with van der Waals surface area (Å²) < 4.78 is 7.65. The molecule has 26 heavy (non-hydrogen) atoms. The first kappa shape index (κ1) is 19.1. The van der Waals surface area contributed by atoms with Gasteiger partial charge in [-0.25, -0.2) is 14.5 Å². The van der Waals surface area contributed by atoms with Crippen LogP contribution in [0.3, 0.4) is 0 Å². The summed E-state index contributed by atoms with van der Waals surface area (Å²) in [5.41, 5.74) is -0.283. The van der Waals surface area contributed by atoms with Crippen LogP contribution in [0.15, 0.2) is 0 Å². The van der Waals surface area contributed by atoms with Crippen molar-refractivity contribution < 1.29 is 9.53 Å². The number of hydrogen-bond donors (Lipinski definition) is 1. The maximum atomic E-state index is 12.9. The fourth-order valence-corrected chi connectivity index (χ4v) is 4.22. The molecule has 1 aliphatic carbocycles. The smallest absolute Gasteiger partial charge is 0.318 e. The van der Waals surface area contributed by atoms with Crippen LogP contribution in [-0.4, -0.2) is 51.5 Å². The van der Waals surface area contributed by atoms with Crippen molar-refractivity contribution in [2.24, 2.45) is 5.41 Å². The Morgan fingerprint density at radius 3 is 2.65 bits per heavy atom. The molecule has 1 aliphatic heterocycles. The van der Waals surface area contributed by atoms with E-state index in [9.17, 15) is 4.79 Å². The third-order valence-corrected chi connectivity index (χ3v) is 6.72. The Kier molecular flexibility index (Phi) is 4.80. The minimum atomic E-state index is -0.191. The summed E-state index contributed by atoms with van der Waals surface area (Å²) in [6, 6.07) is 0.0320. The molecule has 2 aliphatic rings. The number of amides is 2. The number of fused-ring (bicyclic) bond motifs is 1. The summed E-state index contributed by atoms with van der Waals surface area (Å²) in [6.45, 7) is 11.5. The molecular formula is C19H33N5O2. The van der Waals surface area contributed by atoms with Crippen molar-refractivity contribution >= 4 is 6.03 Å². The molecule has 0 bridgehead atoms. The predicted octanol–water partition coefficient (Wildman–Crippen LogP) is 3.08. The fourth-order valence-electron chi connectivity index (χ4n) is 4.22. The average Bonchev–Trinajstić information content (AvgIpc) is 3.04. The van der Waals surface area contributed by atoms with Crippen molar-refractivity contribution in [2.45, 2.75) is 84.0 Å². The highest BCUT2D eigenvalue weighted by molar-refractivity contribution is 5.75. The van der Waals surface area contributed by atoms with Gasteiger partial charge in [-0.3, -0.25) is 0 Å². The average molecular weight is 364 g/mol. The molecular weight excluding hydrogens is 330 g/mol. The topological polar surface area (TPSA) is 72.3 Å². The van der Waals surface area contributed by atoms with Gasteiger partial charge in [0.15, 0.2) is 5.82 Å². The SMILES string of the molecule is CO[C@]1(C)C[C@H](N(C)C(=O)N[C@H]2CCCn3nc(C(C)C)nc32)C1(C)C. The lowest BCUT2D eigenvalue weighted by Gasteiger charge is -2.61. The van der Waals surface area contributed by atoms with E-state index in [4.69, 9.17) is 4.74 Å². The normalized spacial score (nSPS) is 29.8. The molecule has 1 aromatic rings. The van der Waals surface area contributed by atoms with Gasteiger partial charge in [0.1, 0.15) is 5.82 Å². The number of aromatic nitrogens is 3. The minimum Gasteiger partial charge on any atom is -0.378 e. The lowest BCUT2D eigenvalue weighted by Crippen LogP contribution is -2.69. The van der Waals surface area contributed by atoms with Gasteiger partial charge >= 0.3 is 6.03 Å². The van der Waals surface area contributed by atoms with Crippen molar-refractivity contribution in [1.82, 2.24) is 25.0 Å². The molecule has 1 aromatic heterocycles. The number of carbonyl (C=O) groups excluding carboxylic acids is 1. The molecule has 0 spiro atoms. The van der Waals surface area contributed by atoms with E-state index in [1.165, 1.54) is 0 Å². The molecule has 0 unspecified atom stereocenters. The van der Waals surface area contributed by atoms with E-state index in [1.807, 2.05) is 16.6 Å². The molecule has 2 heterocycles. The molecule has 3 atom stereocenters.